The first-order valence-corrected chi connectivity index (χ1v) is 13.8. The number of benzene rings is 1. The van der Waals surface area contributed by atoms with E-state index >= 15 is 0 Å². The number of rotatable bonds is 9. The highest BCUT2D eigenvalue weighted by molar-refractivity contribution is 5.98. The maximum atomic E-state index is 13.7. The lowest BCUT2D eigenvalue weighted by Crippen LogP contribution is -2.58. The molecule has 0 saturated carbocycles. The maximum absolute atomic E-state index is 13.7. The number of fused-ring (bicyclic) bond motifs is 1. The van der Waals surface area contributed by atoms with Gasteiger partial charge in [-0.1, -0.05) is 57.0 Å². The summed E-state index contributed by atoms with van der Waals surface area (Å²) in [5.41, 5.74) is -0.158. The molecule has 4 atom stereocenters. The zero-order valence-corrected chi connectivity index (χ0v) is 22.4. The molecular formula is C29H39N3O6. The van der Waals surface area contributed by atoms with E-state index in [9.17, 15) is 24.0 Å². The van der Waals surface area contributed by atoms with Gasteiger partial charge >= 0.3 is 0 Å². The van der Waals surface area contributed by atoms with Crippen molar-refractivity contribution in [1.82, 2.24) is 15.5 Å². The van der Waals surface area contributed by atoms with Crippen LogP contribution in [0.1, 0.15) is 70.8 Å². The lowest BCUT2D eigenvalue weighted by molar-refractivity contribution is -0.145. The molecule has 2 N–H and O–H groups in total. The van der Waals surface area contributed by atoms with Crippen molar-refractivity contribution in [3.63, 3.8) is 0 Å². The molecule has 9 nitrogen and oxygen atoms in total. The smallest absolute Gasteiger partial charge is 0.246 e. The predicted octanol–water partition coefficient (Wildman–Crippen LogP) is 2.11. The molecule has 38 heavy (non-hydrogen) atoms. The van der Waals surface area contributed by atoms with Crippen molar-refractivity contribution >= 4 is 29.3 Å². The lowest BCUT2D eigenvalue weighted by Gasteiger charge is -2.34. The van der Waals surface area contributed by atoms with Crippen molar-refractivity contribution in [3.05, 3.63) is 35.9 Å². The van der Waals surface area contributed by atoms with E-state index in [0.717, 1.165) is 12.0 Å². The Morgan fingerprint density at radius 3 is 2.47 bits per heavy atom. The Hall–Kier alpha value is -3.07. The van der Waals surface area contributed by atoms with Crippen LogP contribution in [0.25, 0.3) is 0 Å². The second kappa shape index (κ2) is 12.2. The number of nitrogens with one attached hydrogen (secondary N) is 2. The van der Waals surface area contributed by atoms with Crippen molar-refractivity contribution in [2.75, 3.05) is 13.2 Å². The second-order valence-electron chi connectivity index (χ2n) is 11.4. The van der Waals surface area contributed by atoms with E-state index in [0.29, 0.717) is 58.1 Å². The topological polar surface area (TPSA) is 125 Å². The van der Waals surface area contributed by atoms with Crippen LogP contribution in [0.4, 0.5) is 0 Å². The molecule has 3 saturated heterocycles. The summed E-state index contributed by atoms with van der Waals surface area (Å²) in [6, 6.07) is 7.21. The van der Waals surface area contributed by atoms with E-state index in [4.69, 9.17) is 4.74 Å². The Bertz CT molecular complexity index is 1050. The zero-order chi connectivity index (χ0) is 27.3. The van der Waals surface area contributed by atoms with Gasteiger partial charge in [-0.15, -0.1) is 0 Å². The Kier molecular flexibility index (Phi) is 8.97. The minimum atomic E-state index is -1.06. The van der Waals surface area contributed by atoms with Crippen LogP contribution in [0, 0.1) is 5.41 Å². The highest BCUT2D eigenvalue weighted by atomic mass is 16.6. The highest BCUT2D eigenvalue weighted by Gasteiger charge is 2.42. The van der Waals surface area contributed by atoms with Crippen molar-refractivity contribution in [3.8, 4) is 0 Å². The van der Waals surface area contributed by atoms with E-state index in [1.54, 1.807) is 18.7 Å². The van der Waals surface area contributed by atoms with Gasteiger partial charge in [-0.25, -0.2) is 0 Å². The normalized spacial score (nSPS) is 27.6. The number of carbonyl (C=O) groups is 5. The van der Waals surface area contributed by atoms with Crippen LogP contribution in [-0.4, -0.2) is 71.6 Å². The summed E-state index contributed by atoms with van der Waals surface area (Å²) in [5.74, 6) is -1.04. The van der Waals surface area contributed by atoms with Gasteiger partial charge in [0.05, 0.1) is 18.1 Å². The van der Waals surface area contributed by atoms with Crippen LogP contribution in [-0.2, 0) is 35.1 Å². The fourth-order valence-electron chi connectivity index (χ4n) is 5.35. The summed E-state index contributed by atoms with van der Waals surface area (Å²) in [6.07, 6.45) is 4.20. The van der Waals surface area contributed by atoms with E-state index in [-0.39, 0.29) is 41.8 Å². The maximum Gasteiger partial charge on any atom is 0.246 e. The Morgan fingerprint density at radius 2 is 1.76 bits per heavy atom. The summed E-state index contributed by atoms with van der Waals surface area (Å²) in [6.45, 7) is 4.33. The van der Waals surface area contributed by atoms with Crippen molar-refractivity contribution in [2.24, 2.45) is 5.41 Å². The number of amides is 3. The molecule has 206 valence electrons. The first-order valence-electron chi connectivity index (χ1n) is 13.8. The molecule has 0 spiro atoms. The third-order valence-corrected chi connectivity index (χ3v) is 7.77. The Balaban J connectivity index is 1.48. The van der Waals surface area contributed by atoms with Crippen molar-refractivity contribution < 1.29 is 28.7 Å². The summed E-state index contributed by atoms with van der Waals surface area (Å²) in [4.78, 5) is 67.2. The number of hydrogen-bond acceptors (Lipinski definition) is 6. The molecule has 3 amide bonds. The van der Waals surface area contributed by atoms with Crippen LogP contribution in [0.2, 0.25) is 0 Å². The molecule has 1 aromatic carbocycles. The number of epoxide rings is 1. The number of unbranched alkanes of at least 4 members (excludes halogenated alkanes) is 2. The fourth-order valence-corrected chi connectivity index (χ4v) is 5.35. The predicted molar refractivity (Wildman–Crippen MR) is 140 cm³/mol. The molecule has 0 aliphatic carbocycles. The van der Waals surface area contributed by atoms with Gasteiger partial charge in [0.15, 0.2) is 11.6 Å². The number of Topliss-reactive ketones (excluding diaryl/α,β-unsaturated/α-hetero) is 2. The fraction of sp³-hybridized carbons (Fsp3) is 0.621. The molecule has 3 aliphatic rings. The van der Waals surface area contributed by atoms with Gasteiger partial charge in [-0.05, 0) is 31.2 Å². The average molecular weight is 526 g/mol. The van der Waals surface area contributed by atoms with Crippen molar-refractivity contribution in [1.29, 1.82) is 0 Å². The van der Waals surface area contributed by atoms with E-state index in [2.05, 4.69) is 10.6 Å². The second-order valence-corrected chi connectivity index (χ2v) is 11.4. The summed E-state index contributed by atoms with van der Waals surface area (Å²) >= 11 is 0. The number of ether oxygens (including phenoxy) is 1. The minimum Gasteiger partial charge on any atom is -0.365 e. The van der Waals surface area contributed by atoms with Gasteiger partial charge in [0.2, 0.25) is 17.7 Å². The molecule has 4 rings (SSSR count). The largest absolute Gasteiger partial charge is 0.365 e. The van der Waals surface area contributed by atoms with Crippen LogP contribution in [0.15, 0.2) is 30.3 Å². The van der Waals surface area contributed by atoms with Gasteiger partial charge in [0, 0.05) is 25.8 Å². The molecule has 0 bridgehead atoms. The number of nitrogens with zero attached hydrogens (tertiary/aromatic N) is 1. The van der Waals surface area contributed by atoms with Crippen molar-refractivity contribution in [2.45, 2.75) is 95.9 Å². The van der Waals surface area contributed by atoms with Crippen LogP contribution in [0.5, 0.6) is 0 Å². The minimum absolute atomic E-state index is 0.0537. The molecule has 3 heterocycles. The zero-order valence-electron chi connectivity index (χ0n) is 22.4. The Morgan fingerprint density at radius 1 is 1.03 bits per heavy atom. The average Bonchev–Trinajstić information content (AvgIpc) is 3.62. The Labute approximate surface area is 224 Å². The monoisotopic (exact) mass is 525 g/mol. The summed E-state index contributed by atoms with van der Waals surface area (Å²) < 4.78 is 5.02. The van der Waals surface area contributed by atoms with Crippen LogP contribution >= 0.6 is 0 Å². The summed E-state index contributed by atoms with van der Waals surface area (Å²) in [7, 11) is 0. The standard InChI is InChI=1S/C29H39N3O6/c1-29(2)17-24(34)20(12-7-4-8-14-23(33)25-18-38-25)30-26(35)22-13-9-15-32(22)27(36)21(31-28(29)37)16-19-10-5-3-6-11-19/h3,5-6,10-11,20-22,25H,4,7-9,12-18H2,1-2H3,(H,30,35)(H,31,37)/t20-,21-,22?,25+/m1/s1. The SMILES string of the molecule is CC1(C)CC(=O)[C@@H](CCCCCC(=O)[C@@H]2CO2)NC(=O)C2CCCN2C(=O)[C@@H](Cc2ccccc2)NC1=O. The highest BCUT2D eigenvalue weighted by Crippen LogP contribution is 2.26. The third kappa shape index (κ3) is 7.07. The van der Waals surface area contributed by atoms with Gasteiger partial charge in [0.25, 0.3) is 0 Å². The summed E-state index contributed by atoms with van der Waals surface area (Å²) in [5, 5.41) is 5.84. The number of carbonyl (C=O) groups excluding carboxylic acids is 5. The first kappa shape index (κ1) is 28.0. The van der Waals surface area contributed by atoms with Gasteiger partial charge in [-0.2, -0.15) is 0 Å². The molecule has 3 fully saturated rings. The molecule has 3 aliphatic heterocycles. The lowest BCUT2D eigenvalue weighted by atomic mass is 9.83. The van der Waals surface area contributed by atoms with Crippen LogP contribution in [0.3, 0.4) is 0 Å². The molecule has 0 aromatic heterocycles. The quantitative estimate of drug-likeness (QED) is 0.376. The molecule has 1 unspecified atom stereocenters. The van der Waals surface area contributed by atoms with E-state index in [1.165, 1.54) is 0 Å². The van der Waals surface area contributed by atoms with Gasteiger partial charge in [-0.3, -0.25) is 24.0 Å². The van der Waals surface area contributed by atoms with Gasteiger partial charge in [0.1, 0.15) is 18.2 Å². The molecule has 0 radical (unpaired) electrons. The number of ketones is 2. The van der Waals surface area contributed by atoms with Crippen LogP contribution < -0.4 is 10.6 Å². The molecule has 1 aromatic rings. The third-order valence-electron chi connectivity index (χ3n) is 7.77. The number of hydrogen-bond donors (Lipinski definition) is 2. The molecular weight excluding hydrogens is 486 g/mol. The van der Waals surface area contributed by atoms with E-state index in [1.807, 2.05) is 30.3 Å². The molecule has 9 heteroatoms. The first-order chi connectivity index (χ1) is 18.2. The van der Waals surface area contributed by atoms with E-state index < -0.39 is 23.5 Å². The van der Waals surface area contributed by atoms with Gasteiger partial charge < -0.3 is 20.3 Å².